The number of hydrogen-bond acceptors (Lipinski definition) is 3. The summed E-state index contributed by atoms with van der Waals surface area (Å²) in [6.45, 7) is 5.70. The highest BCUT2D eigenvalue weighted by Crippen LogP contribution is 2.59. The molecular formula is C23H30N2O4. The van der Waals surface area contributed by atoms with Crippen molar-refractivity contribution in [1.29, 1.82) is 0 Å². The van der Waals surface area contributed by atoms with Crippen molar-refractivity contribution < 1.29 is 19.5 Å². The number of rotatable bonds is 4. The predicted molar refractivity (Wildman–Crippen MR) is 108 cm³/mol. The molecule has 1 aromatic rings. The van der Waals surface area contributed by atoms with E-state index in [9.17, 15) is 19.5 Å². The molecule has 1 aromatic carbocycles. The average molecular weight is 399 g/mol. The zero-order valence-electron chi connectivity index (χ0n) is 17.3. The van der Waals surface area contributed by atoms with Crippen molar-refractivity contribution in [2.45, 2.75) is 58.5 Å². The molecule has 2 amide bonds. The number of fused-ring (bicyclic) bond motifs is 1. The minimum atomic E-state index is -0.709. The van der Waals surface area contributed by atoms with Crippen LogP contribution in [0.5, 0.6) is 0 Å². The molecule has 0 aromatic heterocycles. The molecule has 2 heterocycles. The van der Waals surface area contributed by atoms with E-state index >= 15 is 0 Å². The first-order valence-corrected chi connectivity index (χ1v) is 10.7. The number of carbonyl (C=O) groups is 3. The Bertz CT molecular complexity index is 826. The molecule has 1 saturated heterocycles. The third kappa shape index (κ3) is 3.77. The fourth-order valence-corrected chi connectivity index (χ4v) is 5.10. The smallest absolute Gasteiger partial charge is 0.307 e. The predicted octanol–water partition coefficient (Wildman–Crippen LogP) is 2.70. The number of carboxylic acid groups (broad SMARTS) is 1. The van der Waals surface area contributed by atoms with E-state index in [0.29, 0.717) is 32.5 Å². The van der Waals surface area contributed by atoms with Crippen molar-refractivity contribution in [2.24, 2.45) is 17.3 Å². The van der Waals surface area contributed by atoms with E-state index in [4.69, 9.17) is 0 Å². The second-order valence-corrected chi connectivity index (χ2v) is 9.39. The summed E-state index contributed by atoms with van der Waals surface area (Å²) in [5.41, 5.74) is 2.16. The Kier molecular flexibility index (Phi) is 5.13. The number of hydrogen-bond donors (Lipinski definition) is 1. The quantitative estimate of drug-likeness (QED) is 0.846. The summed E-state index contributed by atoms with van der Waals surface area (Å²) >= 11 is 0. The van der Waals surface area contributed by atoms with Crippen LogP contribution >= 0.6 is 0 Å². The lowest BCUT2D eigenvalue weighted by Gasteiger charge is -2.41. The maximum Gasteiger partial charge on any atom is 0.307 e. The highest BCUT2D eigenvalue weighted by atomic mass is 16.4. The van der Waals surface area contributed by atoms with Crippen LogP contribution in [0.1, 0.15) is 50.7 Å². The summed E-state index contributed by atoms with van der Waals surface area (Å²) in [6.07, 6.45) is 3.23. The number of piperidine rings is 1. The fourth-order valence-electron chi connectivity index (χ4n) is 5.10. The zero-order valence-corrected chi connectivity index (χ0v) is 17.3. The van der Waals surface area contributed by atoms with E-state index < -0.39 is 12.0 Å². The first-order valence-electron chi connectivity index (χ1n) is 10.7. The molecule has 1 spiro atoms. The molecule has 3 aliphatic rings. The Morgan fingerprint density at radius 1 is 1.14 bits per heavy atom. The van der Waals surface area contributed by atoms with Gasteiger partial charge in [-0.1, -0.05) is 38.1 Å². The van der Waals surface area contributed by atoms with Gasteiger partial charge in [0.15, 0.2) is 0 Å². The van der Waals surface area contributed by atoms with Crippen molar-refractivity contribution in [3.05, 3.63) is 35.4 Å². The molecule has 2 fully saturated rings. The van der Waals surface area contributed by atoms with E-state index in [0.717, 1.165) is 30.4 Å². The molecule has 4 rings (SSSR count). The van der Waals surface area contributed by atoms with Gasteiger partial charge in [0.2, 0.25) is 11.8 Å². The number of amides is 2. The van der Waals surface area contributed by atoms with Crippen LogP contribution in [0.3, 0.4) is 0 Å². The Morgan fingerprint density at radius 3 is 2.38 bits per heavy atom. The van der Waals surface area contributed by atoms with Crippen molar-refractivity contribution >= 4 is 17.8 Å². The monoisotopic (exact) mass is 398 g/mol. The highest BCUT2D eigenvalue weighted by molar-refractivity contribution is 5.89. The number of nitrogens with zero attached hydrogens (tertiary/aromatic N) is 2. The Balaban J connectivity index is 1.49. The first kappa shape index (κ1) is 19.9. The lowest BCUT2D eigenvalue weighted by molar-refractivity contribution is -0.148. The Hall–Kier alpha value is -2.37. The number of benzene rings is 1. The Morgan fingerprint density at radius 2 is 1.79 bits per heavy atom. The molecule has 2 unspecified atom stereocenters. The number of aliphatic carboxylic acids is 1. The van der Waals surface area contributed by atoms with E-state index in [1.807, 2.05) is 43.0 Å². The SMILES string of the molecule is CC(C)CC(=O)N1Cc2ccccc2CC1C(=O)N1CCC2(CC1)CC2C(=O)O. The minimum absolute atomic E-state index is 0.0129. The van der Waals surface area contributed by atoms with Crippen molar-refractivity contribution in [3.8, 4) is 0 Å². The van der Waals surface area contributed by atoms with Gasteiger partial charge in [0.1, 0.15) is 6.04 Å². The number of likely N-dealkylation sites (tertiary alicyclic amines) is 1. The van der Waals surface area contributed by atoms with Crippen LogP contribution < -0.4 is 0 Å². The van der Waals surface area contributed by atoms with Gasteiger partial charge in [-0.25, -0.2) is 0 Å². The molecular weight excluding hydrogens is 368 g/mol. The maximum atomic E-state index is 13.4. The number of carboxylic acids is 1. The van der Waals surface area contributed by atoms with Crippen molar-refractivity contribution in [1.82, 2.24) is 9.80 Å². The first-order chi connectivity index (χ1) is 13.8. The molecule has 0 bridgehead atoms. The van der Waals surface area contributed by atoms with Gasteiger partial charge in [-0.05, 0) is 41.7 Å². The van der Waals surface area contributed by atoms with Gasteiger partial charge in [-0.2, -0.15) is 0 Å². The zero-order chi connectivity index (χ0) is 20.8. The van der Waals surface area contributed by atoms with Crippen LogP contribution in [0.2, 0.25) is 0 Å². The topological polar surface area (TPSA) is 77.9 Å². The third-order valence-electron chi connectivity index (χ3n) is 7.00. The molecule has 6 heteroatoms. The fraction of sp³-hybridized carbons (Fsp3) is 0.609. The van der Waals surface area contributed by atoms with Gasteiger partial charge >= 0.3 is 5.97 Å². The van der Waals surface area contributed by atoms with Gasteiger partial charge in [-0.15, -0.1) is 0 Å². The van der Waals surface area contributed by atoms with E-state index in [2.05, 4.69) is 0 Å². The maximum absolute atomic E-state index is 13.4. The lowest BCUT2D eigenvalue weighted by atomic mass is 9.88. The average Bonchev–Trinajstić information content (AvgIpc) is 3.40. The highest BCUT2D eigenvalue weighted by Gasteiger charge is 2.59. The second-order valence-electron chi connectivity index (χ2n) is 9.39. The normalized spacial score (nSPS) is 25.1. The molecule has 6 nitrogen and oxygen atoms in total. The largest absolute Gasteiger partial charge is 0.481 e. The summed E-state index contributed by atoms with van der Waals surface area (Å²) in [6, 6.07) is 7.59. The van der Waals surface area contributed by atoms with Crippen molar-refractivity contribution in [2.75, 3.05) is 13.1 Å². The molecule has 1 aliphatic carbocycles. The molecule has 1 saturated carbocycles. The molecule has 0 radical (unpaired) electrons. The molecule has 2 aliphatic heterocycles. The van der Waals surface area contributed by atoms with Crippen LogP contribution in [0, 0.1) is 17.3 Å². The van der Waals surface area contributed by atoms with Crippen LogP contribution in [-0.4, -0.2) is 51.8 Å². The van der Waals surface area contributed by atoms with Gasteiger partial charge in [0.05, 0.1) is 5.92 Å². The van der Waals surface area contributed by atoms with Gasteiger partial charge in [-0.3, -0.25) is 14.4 Å². The molecule has 156 valence electrons. The molecule has 29 heavy (non-hydrogen) atoms. The van der Waals surface area contributed by atoms with Crippen LogP contribution in [0.15, 0.2) is 24.3 Å². The van der Waals surface area contributed by atoms with Gasteiger partial charge < -0.3 is 14.9 Å². The van der Waals surface area contributed by atoms with E-state index in [1.54, 1.807) is 4.90 Å². The molecule has 2 atom stereocenters. The van der Waals surface area contributed by atoms with Gasteiger partial charge in [0, 0.05) is 32.5 Å². The molecule has 1 N–H and O–H groups in total. The summed E-state index contributed by atoms with van der Waals surface area (Å²) in [5.74, 6) is -0.661. The summed E-state index contributed by atoms with van der Waals surface area (Å²) in [5, 5.41) is 9.29. The van der Waals surface area contributed by atoms with E-state index in [-0.39, 0.29) is 29.1 Å². The van der Waals surface area contributed by atoms with E-state index in [1.165, 1.54) is 0 Å². The summed E-state index contributed by atoms with van der Waals surface area (Å²) in [7, 11) is 0. The third-order valence-corrected chi connectivity index (χ3v) is 7.00. The van der Waals surface area contributed by atoms with Crippen LogP contribution in [-0.2, 0) is 27.3 Å². The minimum Gasteiger partial charge on any atom is -0.481 e. The standard InChI is InChI=1S/C23H30N2O4/c1-15(2)11-20(26)25-14-17-6-4-3-5-16(17)12-19(25)21(27)24-9-7-23(8-10-24)13-18(23)22(28)29/h3-6,15,18-19H,7-14H2,1-2H3,(H,28,29). The number of carbonyl (C=O) groups excluding carboxylic acids is 2. The Labute approximate surface area is 171 Å². The van der Waals surface area contributed by atoms with Crippen molar-refractivity contribution in [3.63, 3.8) is 0 Å². The lowest BCUT2D eigenvalue weighted by Crippen LogP contribution is -2.55. The van der Waals surface area contributed by atoms with Crippen LogP contribution in [0.4, 0.5) is 0 Å². The summed E-state index contributed by atoms with van der Waals surface area (Å²) in [4.78, 5) is 41.3. The summed E-state index contributed by atoms with van der Waals surface area (Å²) < 4.78 is 0. The van der Waals surface area contributed by atoms with Crippen LogP contribution in [0.25, 0.3) is 0 Å². The van der Waals surface area contributed by atoms with Gasteiger partial charge in [0.25, 0.3) is 0 Å². The second kappa shape index (κ2) is 7.47.